The van der Waals surface area contributed by atoms with E-state index in [0.717, 1.165) is 37.9 Å². The Morgan fingerprint density at radius 2 is 2.24 bits per heavy atom. The second-order valence-electron chi connectivity index (χ2n) is 5.79. The van der Waals surface area contributed by atoms with Crippen LogP contribution in [0, 0.1) is 6.92 Å². The van der Waals surface area contributed by atoms with Gasteiger partial charge < -0.3 is 15.4 Å². The van der Waals surface area contributed by atoms with Crippen LogP contribution in [0.3, 0.4) is 0 Å². The van der Waals surface area contributed by atoms with Crippen LogP contribution in [0.5, 0.6) is 0 Å². The van der Waals surface area contributed by atoms with Crippen LogP contribution in [-0.4, -0.2) is 31.2 Å². The van der Waals surface area contributed by atoms with E-state index in [1.165, 1.54) is 11.1 Å². The quantitative estimate of drug-likeness (QED) is 0.911. The molecule has 1 fully saturated rings. The van der Waals surface area contributed by atoms with E-state index in [1.807, 2.05) is 4.90 Å². The molecule has 0 saturated carbocycles. The van der Waals surface area contributed by atoms with Crippen molar-refractivity contribution < 1.29 is 9.53 Å². The molecule has 0 spiro atoms. The van der Waals surface area contributed by atoms with E-state index in [1.54, 1.807) is 0 Å². The Morgan fingerprint density at radius 1 is 1.43 bits per heavy atom. The monoisotopic (exact) mass is 310 g/mol. The lowest BCUT2D eigenvalue weighted by atomic mass is 9.99. The summed E-state index contributed by atoms with van der Waals surface area (Å²) in [5, 5.41) is 0. The molecule has 116 valence electrons. The number of hydrogen-bond donors (Lipinski definition) is 1. The highest BCUT2D eigenvalue weighted by atomic mass is 35.5. The van der Waals surface area contributed by atoms with Crippen molar-refractivity contribution in [2.45, 2.75) is 44.8 Å². The van der Waals surface area contributed by atoms with E-state index < -0.39 is 0 Å². The molecule has 0 aliphatic carbocycles. The second-order valence-corrected chi connectivity index (χ2v) is 5.79. The van der Waals surface area contributed by atoms with Crippen LogP contribution in [0.15, 0.2) is 18.2 Å². The van der Waals surface area contributed by atoms with Crippen molar-refractivity contribution in [3.63, 3.8) is 0 Å². The fourth-order valence-corrected chi connectivity index (χ4v) is 3.15. The normalized spacial score (nSPS) is 24.4. The van der Waals surface area contributed by atoms with Crippen LogP contribution in [0.25, 0.3) is 0 Å². The number of halogens is 1. The van der Waals surface area contributed by atoms with Crippen molar-refractivity contribution >= 4 is 24.0 Å². The number of hydrogen-bond acceptors (Lipinski definition) is 3. The number of ether oxygens (including phenoxy) is 1. The molecule has 0 radical (unpaired) electrons. The number of amides is 1. The zero-order valence-corrected chi connectivity index (χ0v) is 13.2. The molecule has 2 N–H and O–H groups in total. The van der Waals surface area contributed by atoms with Gasteiger partial charge in [-0.2, -0.15) is 0 Å². The largest absolute Gasteiger partial charge is 0.364 e. The lowest BCUT2D eigenvalue weighted by Crippen LogP contribution is -2.42. The highest BCUT2D eigenvalue weighted by molar-refractivity contribution is 5.97. The summed E-state index contributed by atoms with van der Waals surface area (Å²) in [6.07, 6.45) is 3.49. The van der Waals surface area contributed by atoms with Crippen LogP contribution < -0.4 is 10.6 Å². The molecule has 21 heavy (non-hydrogen) atoms. The van der Waals surface area contributed by atoms with Crippen molar-refractivity contribution in [3.8, 4) is 0 Å². The number of carbonyl (C=O) groups excluding carboxylic acids is 1. The second kappa shape index (κ2) is 6.77. The number of carbonyl (C=O) groups is 1. The van der Waals surface area contributed by atoms with Gasteiger partial charge in [-0.25, -0.2) is 0 Å². The van der Waals surface area contributed by atoms with Gasteiger partial charge in [-0.1, -0.05) is 12.1 Å². The van der Waals surface area contributed by atoms with Crippen molar-refractivity contribution in [2.75, 3.05) is 18.0 Å². The Kier molecular flexibility index (Phi) is 5.25. The van der Waals surface area contributed by atoms with E-state index >= 15 is 0 Å². The molecule has 2 heterocycles. The minimum atomic E-state index is -0.310. The number of rotatable bonds is 2. The number of aryl methyl sites for hydroxylation is 2. The van der Waals surface area contributed by atoms with Crippen molar-refractivity contribution in [3.05, 3.63) is 29.3 Å². The van der Waals surface area contributed by atoms with Gasteiger partial charge in [0.25, 0.3) is 5.91 Å². The van der Waals surface area contributed by atoms with Crippen LogP contribution in [0.1, 0.15) is 30.4 Å². The average Bonchev–Trinajstić information content (AvgIpc) is 2.94. The molecule has 4 nitrogen and oxygen atoms in total. The van der Waals surface area contributed by atoms with Gasteiger partial charge in [0.05, 0.1) is 6.10 Å². The molecule has 2 aliphatic heterocycles. The predicted octanol–water partition coefficient (Wildman–Crippen LogP) is 2.20. The standard InChI is InChI=1S/C16H22N2O2.ClH/c1-11-4-5-12-3-2-8-18(14(12)9-11)16(19)15-7-6-13(10-17)20-15;/h4-5,9,13,15H,2-3,6-8,10,17H2,1H3;1H/t13-,15+;/m1./s1. The number of benzene rings is 1. The Labute approximate surface area is 132 Å². The van der Waals surface area contributed by atoms with Gasteiger partial charge in [-0.15, -0.1) is 12.4 Å². The number of anilines is 1. The molecule has 2 atom stereocenters. The van der Waals surface area contributed by atoms with Gasteiger partial charge in [-0.05, 0) is 49.8 Å². The third-order valence-corrected chi connectivity index (χ3v) is 4.27. The summed E-state index contributed by atoms with van der Waals surface area (Å²) in [6, 6.07) is 6.37. The van der Waals surface area contributed by atoms with E-state index in [-0.39, 0.29) is 30.5 Å². The molecule has 1 saturated heterocycles. The summed E-state index contributed by atoms with van der Waals surface area (Å²) >= 11 is 0. The van der Waals surface area contributed by atoms with Gasteiger partial charge in [0, 0.05) is 18.8 Å². The van der Waals surface area contributed by atoms with Gasteiger partial charge in [-0.3, -0.25) is 4.79 Å². The number of nitrogens with zero attached hydrogens (tertiary/aromatic N) is 1. The van der Waals surface area contributed by atoms with Gasteiger partial charge in [0.2, 0.25) is 0 Å². The molecule has 0 unspecified atom stereocenters. The molecule has 5 heteroatoms. The van der Waals surface area contributed by atoms with Crippen LogP contribution in [-0.2, 0) is 16.0 Å². The fraction of sp³-hybridized carbons (Fsp3) is 0.562. The number of nitrogens with two attached hydrogens (primary N) is 1. The van der Waals surface area contributed by atoms with Crippen LogP contribution >= 0.6 is 12.4 Å². The third-order valence-electron chi connectivity index (χ3n) is 4.27. The Bertz CT molecular complexity index is 521. The molecule has 0 bridgehead atoms. The van der Waals surface area contributed by atoms with E-state index in [9.17, 15) is 4.79 Å². The van der Waals surface area contributed by atoms with E-state index in [0.29, 0.717) is 6.54 Å². The average molecular weight is 311 g/mol. The zero-order chi connectivity index (χ0) is 14.1. The van der Waals surface area contributed by atoms with Gasteiger partial charge in [0.1, 0.15) is 6.10 Å². The summed E-state index contributed by atoms with van der Waals surface area (Å²) in [4.78, 5) is 14.6. The van der Waals surface area contributed by atoms with Crippen LogP contribution in [0.4, 0.5) is 5.69 Å². The van der Waals surface area contributed by atoms with Crippen molar-refractivity contribution in [1.82, 2.24) is 0 Å². The molecule has 1 amide bonds. The minimum absolute atomic E-state index is 0. The Hall–Kier alpha value is -1.10. The third kappa shape index (κ3) is 3.23. The first-order chi connectivity index (χ1) is 9.69. The van der Waals surface area contributed by atoms with Gasteiger partial charge in [0.15, 0.2) is 0 Å². The van der Waals surface area contributed by atoms with Gasteiger partial charge >= 0.3 is 0 Å². The Balaban J connectivity index is 0.00000161. The van der Waals surface area contributed by atoms with E-state index in [2.05, 4.69) is 25.1 Å². The smallest absolute Gasteiger partial charge is 0.256 e. The topological polar surface area (TPSA) is 55.6 Å². The minimum Gasteiger partial charge on any atom is -0.364 e. The summed E-state index contributed by atoms with van der Waals surface area (Å²) in [7, 11) is 0. The molecule has 0 aromatic heterocycles. The first-order valence-corrected chi connectivity index (χ1v) is 7.45. The summed E-state index contributed by atoms with van der Waals surface area (Å²) < 4.78 is 5.75. The SMILES string of the molecule is Cc1ccc2c(c1)N(C(=O)[C@@H]1CC[C@H](CN)O1)CCC2.Cl. The maximum atomic E-state index is 12.7. The molecular weight excluding hydrogens is 288 g/mol. The summed E-state index contributed by atoms with van der Waals surface area (Å²) in [5.74, 6) is 0.104. The maximum Gasteiger partial charge on any atom is 0.256 e. The zero-order valence-electron chi connectivity index (χ0n) is 12.4. The number of fused-ring (bicyclic) bond motifs is 1. The van der Waals surface area contributed by atoms with Crippen molar-refractivity contribution in [2.24, 2.45) is 5.73 Å². The Morgan fingerprint density at radius 3 is 2.95 bits per heavy atom. The lowest BCUT2D eigenvalue weighted by Gasteiger charge is -2.31. The molecule has 3 rings (SSSR count). The lowest BCUT2D eigenvalue weighted by molar-refractivity contribution is -0.129. The first-order valence-electron chi connectivity index (χ1n) is 7.45. The first kappa shape index (κ1) is 16.3. The molecular formula is C16H23ClN2O2. The van der Waals surface area contributed by atoms with Crippen LogP contribution in [0.2, 0.25) is 0 Å². The van der Waals surface area contributed by atoms with E-state index in [4.69, 9.17) is 10.5 Å². The summed E-state index contributed by atoms with van der Waals surface area (Å²) in [5.41, 5.74) is 9.15. The molecule has 2 aliphatic rings. The predicted molar refractivity (Wildman–Crippen MR) is 86.1 cm³/mol. The fourth-order valence-electron chi connectivity index (χ4n) is 3.15. The summed E-state index contributed by atoms with van der Waals surface area (Å²) in [6.45, 7) is 3.36. The van der Waals surface area contributed by atoms with Crippen molar-refractivity contribution in [1.29, 1.82) is 0 Å². The molecule has 1 aromatic carbocycles. The highest BCUT2D eigenvalue weighted by Crippen LogP contribution is 2.31. The molecule has 1 aromatic rings. The highest BCUT2D eigenvalue weighted by Gasteiger charge is 2.34. The maximum absolute atomic E-state index is 12.7.